The fourth-order valence-electron chi connectivity index (χ4n) is 2.75. The first-order valence-corrected chi connectivity index (χ1v) is 8.86. The van der Waals surface area contributed by atoms with Crippen LogP contribution in [0.25, 0.3) is 0 Å². The van der Waals surface area contributed by atoms with Crippen LogP contribution in [0.4, 0.5) is 0 Å². The Morgan fingerprint density at radius 2 is 1.80 bits per heavy atom. The van der Waals surface area contributed by atoms with Crippen LogP contribution in [0, 0.1) is 0 Å². The van der Waals surface area contributed by atoms with Crippen LogP contribution in [0.5, 0.6) is 5.75 Å². The van der Waals surface area contributed by atoms with Crippen molar-refractivity contribution in [2.24, 2.45) is 0 Å². The van der Waals surface area contributed by atoms with Crippen LogP contribution in [-0.4, -0.2) is 53.7 Å². The number of hydrogen-bond acceptors (Lipinski definition) is 4. The zero-order chi connectivity index (χ0) is 18.3. The highest BCUT2D eigenvalue weighted by Crippen LogP contribution is 2.19. The molecule has 0 spiro atoms. The summed E-state index contributed by atoms with van der Waals surface area (Å²) in [5.41, 5.74) is -0.376. The van der Waals surface area contributed by atoms with Crippen molar-refractivity contribution in [1.82, 2.24) is 10.2 Å². The average Bonchev–Trinajstić information content (AvgIpc) is 2.89. The molecule has 0 unspecified atom stereocenters. The van der Waals surface area contributed by atoms with Gasteiger partial charge in [-0.1, -0.05) is 25.0 Å². The lowest BCUT2D eigenvalue weighted by Gasteiger charge is -2.24. The van der Waals surface area contributed by atoms with Gasteiger partial charge < -0.3 is 20.1 Å². The molecule has 0 radical (unpaired) electrons. The molecule has 1 fully saturated rings. The number of benzene rings is 1. The third-order valence-corrected chi connectivity index (χ3v) is 4.29. The molecule has 1 saturated heterocycles. The smallest absolute Gasteiger partial charge is 0.260 e. The molecule has 6 heteroatoms. The summed E-state index contributed by atoms with van der Waals surface area (Å²) in [6, 6.07) is 6.83. The number of amides is 2. The van der Waals surface area contributed by atoms with E-state index in [2.05, 4.69) is 5.32 Å². The Morgan fingerprint density at radius 3 is 2.44 bits per heavy atom. The molecule has 0 aromatic heterocycles. The molecule has 2 N–H and O–H groups in total. The van der Waals surface area contributed by atoms with E-state index in [1.165, 1.54) is 0 Å². The standard InChI is InChI=1S/C19H28N2O4/c1-19(2,14-22)20-18(24)15-9-5-6-10-16(15)25-13-17(23)21-11-7-3-4-8-12-21/h5-6,9-10,22H,3-4,7-8,11-14H2,1-2H3,(H,20,24). The normalized spacial score (nSPS) is 15.4. The molecule has 1 aromatic rings. The summed E-state index contributed by atoms with van der Waals surface area (Å²) in [4.78, 5) is 26.6. The summed E-state index contributed by atoms with van der Waals surface area (Å²) in [5.74, 6) is -0.0124. The Bertz CT molecular complexity index is 593. The van der Waals surface area contributed by atoms with E-state index < -0.39 is 5.54 Å². The third kappa shape index (κ3) is 5.74. The molecule has 0 saturated carbocycles. The number of likely N-dealkylation sites (tertiary alicyclic amines) is 1. The monoisotopic (exact) mass is 348 g/mol. The SMILES string of the molecule is CC(C)(CO)NC(=O)c1ccccc1OCC(=O)N1CCCCCC1. The number of rotatable bonds is 6. The van der Waals surface area contributed by atoms with Gasteiger partial charge >= 0.3 is 0 Å². The summed E-state index contributed by atoms with van der Waals surface area (Å²) in [6.45, 7) is 4.77. The minimum atomic E-state index is -0.730. The first-order valence-electron chi connectivity index (χ1n) is 8.86. The molecule has 6 nitrogen and oxygen atoms in total. The maximum Gasteiger partial charge on any atom is 0.260 e. The van der Waals surface area contributed by atoms with Gasteiger partial charge in [-0.3, -0.25) is 9.59 Å². The largest absolute Gasteiger partial charge is 0.483 e. The van der Waals surface area contributed by atoms with Crippen molar-refractivity contribution >= 4 is 11.8 Å². The Labute approximate surface area is 149 Å². The van der Waals surface area contributed by atoms with Gasteiger partial charge in [-0.15, -0.1) is 0 Å². The van der Waals surface area contributed by atoms with E-state index in [1.54, 1.807) is 38.1 Å². The van der Waals surface area contributed by atoms with Gasteiger partial charge in [0.1, 0.15) is 5.75 Å². The number of carbonyl (C=O) groups excluding carboxylic acids is 2. The molecule has 1 aliphatic heterocycles. The first-order chi connectivity index (χ1) is 11.9. The van der Waals surface area contributed by atoms with Crippen molar-refractivity contribution in [3.63, 3.8) is 0 Å². The highest BCUT2D eigenvalue weighted by Gasteiger charge is 2.23. The number of carbonyl (C=O) groups is 2. The first kappa shape index (κ1) is 19.2. The molecule has 2 rings (SSSR count). The predicted molar refractivity (Wildman–Crippen MR) is 95.6 cm³/mol. The number of aliphatic hydroxyl groups is 1. The van der Waals surface area contributed by atoms with Gasteiger partial charge in [-0.2, -0.15) is 0 Å². The van der Waals surface area contributed by atoms with Crippen molar-refractivity contribution in [1.29, 1.82) is 0 Å². The second-order valence-corrected chi connectivity index (χ2v) is 7.08. The summed E-state index contributed by atoms with van der Waals surface area (Å²) in [7, 11) is 0. The number of nitrogens with one attached hydrogen (secondary N) is 1. The fourth-order valence-corrected chi connectivity index (χ4v) is 2.75. The fraction of sp³-hybridized carbons (Fsp3) is 0.579. The zero-order valence-corrected chi connectivity index (χ0v) is 15.1. The molecular formula is C19H28N2O4. The molecule has 2 amide bonds. The lowest BCUT2D eigenvalue weighted by Crippen LogP contribution is -2.46. The Hall–Kier alpha value is -2.08. The Kier molecular flexibility index (Phi) is 6.82. The second-order valence-electron chi connectivity index (χ2n) is 7.08. The molecule has 0 atom stereocenters. The van der Waals surface area contributed by atoms with E-state index >= 15 is 0 Å². The van der Waals surface area contributed by atoms with E-state index in [0.717, 1.165) is 38.8 Å². The van der Waals surface area contributed by atoms with Crippen LogP contribution in [-0.2, 0) is 4.79 Å². The van der Waals surface area contributed by atoms with Crippen LogP contribution in [0.3, 0.4) is 0 Å². The Morgan fingerprint density at radius 1 is 1.16 bits per heavy atom. The van der Waals surface area contributed by atoms with Crippen LogP contribution in [0.1, 0.15) is 49.9 Å². The van der Waals surface area contributed by atoms with Gasteiger partial charge in [-0.25, -0.2) is 0 Å². The van der Waals surface area contributed by atoms with Crippen LogP contribution >= 0.6 is 0 Å². The summed E-state index contributed by atoms with van der Waals surface area (Å²) in [6.07, 6.45) is 4.38. The van der Waals surface area contributed by atoms with Crippen LogP contribution in [0.15, 0.2) is 24.3 Å². The maximum absolute atomic E-state index is 12.4. The minimum absolute atomic E-state index is 0.0483. The lowest BCUT2D eigenvalue weighted by atomic mass is 10.1. The summed E-state index contributed by atoms with van der Waals surface area (Å²) < 4.78 is 5.65. The maximum atomic E-state index is 12.4. The lowest BCUT2D eigenvalue weighted by molar-refractivity contribution is -0.133. The van der Waals surface area contributed by atoms with Crippen molar-refractivity contribution in [2.45, 2.75) is 45.1 Å². The second kappa shape index (κ2) is 8.85. The van der Waals surface area contributed by atoms with Crippen molar-refractivity contribution in [3.8, 4) is 5.75 Å². The van der Waals surface area contributed by atoms with Crippen molar-refractivity contribution in [3.05, 3.63) is 29.8 Å². The highest BCUT2D eigenvalue weighted by atomic mass is 16.5. The number of aliphatic hydroxyl groups excluding tert-OH is 1. The molecule has 0 bridgehead atoms. The quantitative estimate of drug-likeness (QED) is 0.824. The molecule has 1 heterocycles. The summed E-state index contributed by atoms with van der Waals surface area (Å²) >= 11 is 0. The number of ether oxygens (including phenoxy) is 1. The van der Waals surface area contributed by atoms with E-state index in [0.29, 0.717) is 11.3 Å². The Balaban J connectivity index is 2.00. The molecule has 1 aliphatic rings. The van der Waals surface area contributed by atoms with E-state index in [-0.39, 0.29) is 25.0 Å². The molecule has 0 aliphatic carbocycles. The number of nitrogens with zero attached hydrogens (tertiary/aromatic N) is 1. The van der Waals surface area contributed by atoms with E-state index in [4.69, 9.17) is 4.74 Å². The van der Waals surface area contributed by atoms with Gasteiger partial charge in [-0.05, 0) is 38.8 Å². The van der Waals surface area contributed by atoms with Crippen molar-refractivity contribution in [2.75, 3.05) is 26.3 Å². The average molecular weight is 348 g/mol. The zero-order valence-electron chi connectivity index (χ0n) is 15.1. The molecule has 25 heavy (non-hydrogen) atoms. The van der Waals surface area contributed by atoms with Gasteiger partial charge in [0.25, 0.3) is 11.8 Å². The topological polar surface area (TPSA) is 78.9 Å². The van der Waals surface area contributed by atoms with Gasteiger partial charge in [0.2, 0.25) is 0 Å². The predicted octanol–water partition coefficient (Wildman–Crippen LogP) is 1.97. The number of para-hydroxylation sites is 1. The van der Waals surface area contributed by atoms with Gasteiger partial charge in [0, 0.05) is 13.1 Å². The number of hydrogen-bond donors (Lipinski definition) is 2. The van der Waals surface area contributed by atoms with Gasteiger partial charge in [0.15, 0.2) is 6.61 Å². The molecule has 1 aromatic carbocycles. The summed E-state index contributed by atoms with van der Waals surface area (Å²) in [5, 5.41) is 12.1. The highest BCUT2D eigenvalue weighted by molar-refractivity contribution is 5.97. The van der Waals surface area contributed by atoms with Gasteiger partial charge in [0.05, 0.1) is 17.7 Å². The van der Waals surface area contributed by atoms with Crippen LogP contribution < -0.4 is 10.1 Å². The minimum Gasteiger partial charge on any atom is -0.483 e. The van der Waals surface area contributed by atoms with Crippen LogP contribution in [0.2, 0.25) is 0 Å². The third-order valence-electron chi connectivity index (χ3n) is 4.29. The van der Waals surface area contributed by atoms with E-state index in [1.807, 2.05) is 4.90 Å². The molecule has 138 valence electrons. The molecular weight excluding hydrogens is 320 g/mol. The van der Waals surface area contributed by atoms with Crippen molar-refractivity contribution < 1.29 is 19.4 Å². The van der Waals surface area contributed by atoms with E-state index in [9.17, 15) is 14.7 Å².